The van der Waals surface area contributed by atoms with Gasteiger partial charge in [-0.3, -0.25) is 4.90 Å². The number of aryl methyl sites for hydroxylation is 1. The molecule has 0 radical (unpaired) electrons. The minimum Gasteiger partial charge on any atom is -0.398 e. The van der Waals surface area contributed by atoms with Gasteiger partial charge in [0.15, 0.2) is 0 Å². The van der Waals surface area contributed by atoms with Crippen molar-refractivity contribution < 1.29 is 4.39 Å². The van der Waals surface area contributed by atoms with Gasteiger partial charge in [0.25, 0.3) is 0 Å². The molecule has 1 aromatic heterocycles. The van der Waals surface area contributed by atoms with Crippen LogP contribution in [0.2, 0.25) is 0 Å². The van der Waals surface area contributed by atoms with Gasteiger partial charge in [-0.15, -0.1) is 0 Å². The number of fused-ring (bicyclic) bond motifs is 4. The van der Waals surface area contributed by atoms with E-state index in [9.17, 15) is 9.65 Å². The lowest BCUT2D eigenvalue weighted by molar-refractivity contribution is 0.181. The van der Waals surface area contributed by atoms with Crippen molar-refractivity contribution in [2.75, 3.05) is 30.8 Å². The smallest absolute Gasteiger partial charge is 0.139 e. The van der Waals surface area contributed by atoms with Crippen molar-refractivity contribution in [1.82, 2.24) is 14.9 Å². The minimum atomic E-state index is -0.724. The second-order valence-electron chi connectivity index (χ2n) is 12.3. The Balaban J connectivity index is 1.39. The highest BCUT2D eigenvalue weighted by atomic mass is 19.1. The van der Waals surface area contributed by atoms with E-state index in [4.69, 9.17) is 15.7 Å². The van der Waals surface area contributed by atoms with Crippen LogP contribution in [0.5, 0.6) is 0 Å². The molecule has 3 heterocycles. The summed E-state index contributed by atoms with van der Waals surface area (Å²) in [6, 6.07) is 6.49. The van der Waals surface area contributed by atoms with Gasteiger partial charge in [0.05, 0.1) is 11.3 Å². The number of benzene rings is 1. The van der Waals surface area contributed by atoms with Crippen molar-refractivity contribution in [3.8, 4) is 6.07 Å². The van der Waals surface area contributed by atoms with Gasteiger partial charge in [-0.1, -0.05) is 19.6 Å². The molecule has 2 aliphatic heterocycles. The number of alkyl halides is 1. The highest BCUT2D eigenvalue weighted by Crippen LogP contribution is 2.52. The van der Waals surface area contributed by atoms with Gasteiger partial charge in [-0.2, -0.15) is 5.26 Å². The van der Waals surface area contributed by atoms with Gasteiger partial charge >= 0.3 is 0 Å². The summed E-state index contributed by atoms with van der Waals surface area (Å²) in [5.41, 5.74) is 12.1. The normalized spacial score (nSPS) is 29.9. The Morgan fingerprint density at radius 2 is 2.16 bits per heavy atom. The Bertz CT molecular complexity index is 1320. The molecule has 2 aliphatic carbocycles. The number of aromatic nitrogens is 2. The molecule has 2 fully saturated rings. The third-order valence-electron chi connectivity index (χ3n) is 10.2. The van der Waals surface area contributed by atoms with E-state index in [0.717, 1.165) is 87.2 Å². The predicted octanol–water partition coefficient (Wildman–Crippen LogP) is 5.34. The van der Waals surface area contributed by atoms with Crippen molar-refractivity contribution in [2.24, 2.45) is 0 Å². The molecule has 2 saturated heterocycles. The van der Waals surface area contributed by atoms with Crippen LogP contribution in [0.1, 0.15) is 91.6 Å². The summed E-state index contributed by atoms with van der Waals surface area (Å²) in [4.78, 5) is 14.6. The summed E-state index contributed by atoms with van der Waals surface area (Å²) >= 11 is 0. The first-order valence-electron chi connectivity index (χ1n) is 14.3. The SMILES string of the molecule is C=CN(C)c1nc(CCC23CCCN2CC(F)C3)nc2c1CCC1(CCC(C)c3ccc(N)c(C#N)c31)C2. The summed E-state index contributed by atoms with van der Waals surface area (Å²) in [5.74, 6) is 2.18. The molecule has 200 valence electrons. The Kier molecular flexibility index (Phi) is 6.22. The van der Waals surface area contributed by atoms with E-state index in [2.05, 4.69) is 30.5 Å². The fraction of sp³-hybridized carbons (Fsp3) is 0.581. The highest BCUT2D eigenvalue weighted by Gasteiger charge is 2.48. The molecular formula is C31H39FN6. The molecule has 1 spiro atoms. The molecule has 0 saturated carbocycles. The number of nitrogens with zero attached hydrogens (tertiary/aromatic N) is 5. The Hall–Kier alpha value is -2.98. The summed E-state index contributed by atoms with van der Waals surface area (Å²) < 4.78 is 14.4. The zero-order chi connectivity index (χ0) is 26.7. The standard InChI is InChI=1S/C31H39FN6/c1-4-37(3)29-23-9-13-30(12-8-20(2)22-6-7-25(34)24(18-33)28(22)30)17-26(23)35-27(36-29)10-14-31-11-5-15-38(31)19-21(32)16-31/h4,6-7,20-21H,1,5,8-17,19,34H2,2-3H3. The van der Waals surface area contributed by atoms with Gasteiger partial charge in [-0.05, 0) is 93.6 Å². The van der Waals surface area contributed by atoms with Crippen molar-refractivity contribution >= 4 is 11.5 Å². The van der Waals surface area contributed by atoms with Crippen molar-refractivity contribution in [3.05, 3.63) is 58.7 Å². The number of hydrogen-bond acceptors (Lipinski definition) is 6. The molecule has 7 heteroatoms. The summed E-state index contributed by atoms with van der Waals surface area (Å²) in [6.45, 7) is 7.82. The maximum absolute atomic E-state index is 14.4. The first kappa shape index (κ1) is 25.3. The van der Waals surface area contributed by atoms with Crippen LogP contribution in [0, 0.1) is 11.3 Å². The van der Waals surface area contributed by atoms with Gasteiger partial charge in [0, 0.05) is 42.2 Å². The van der Waals surface area contributed by atoms with Gasteiger partial charge in [0.1, 0.15) is 23.9 Å². The van der Waals surface area contributed by atoms with Gasteiger partial charge in [0.2, 0.25) is 0 Å². The largest absolute Gasteiger partial charge is 0.398 e. The van der Waals surface area contributed by atoms with Crippen molar-refractivity contribution in [2.45, 2.75) is 94.2 Å². The van der Waals surface area contributed by atoms with Gasteiger partial charge in [-0.25, -0.2) is 14.4 Å². The Morgan fingerprint density at radius 3 is 2.95 bits per heavy atom. The lowest BCUT2D eigenvalue weighted by Crippen LogP contribution is -2.40. The third kappa shape index (κ3) is 3.91. The fourth-order valence-electron chi connectivity index (χ4n) is 8.13. The number of anilines is 2. The van der Waals surface area contributed by atoms with Crippen LogP contribution in [-0.4, -0.2) is 46.7 Å². The second-order valence-corrected chi connectivity index (χ2v) is 12.3. The minimum absolute atomic E-state index is 0.0396. The number of nitrogen functional groups attached to an aromatic ring is 1. The first-order chi connectivity index (χ1) is 18.3. The van der Waals surface area contributed by atoms with E-state index >= 15 is 0 Å². The number of hydrogen-bond donors (Lipinski definition) is 1. The zero-order valence-corrected chi connectivity index (χ0v) is 22.8. The Labute approximate surface area is 225 Å². The average molecular weight is 515 g/mol. The number of nitrogens with two attached hydrogens (primary N) is 1. The molecule has 4 aliphatic rings. The lowest BCUT2D eigenvalue weighted by Gasteiger charge is -2.45. The van der Waals surface area contributed by atoms with Crippen molar-refractivity contribution in [3.63, 3.8) is 0 Å². The molecular weight excluding hydrogens is 475 g/mol. The van der Waals surface area contributed by atoms with Crippen LogP contribution in [0.25, 0.3) is 0 Å². The second kappa shape index (κ2) is 9.34. The molecule has 0 bridgehead atoms. The quantitative estimate of drug-likeness (QED) is 0.542. The maximum atomic E-state index is 14.4. The fourth-order valence-corrected chi connectivity index (χ4v) is 8.13. The summed E-state index contributed by atoms with van der Waals surface area (Å²) in [6.07, 6.45) is 10.3. The summed E-state index contributed by atoms with van der Waals surface area (Å²) in [7, 11) is 2.00. The molecule has 4 atom stereocenters. The van der Waals surface area contributed by atoms with E-state index in [0.29, 0.717) is 30.1 Å². The molecule has 1 aromatic carbocycles. The summed E-state index contributed by atoms with van der Waals surface area (Å²) in [5, 5.41) is 10.1. The van der Waals surface area contributed by atoms with Crippen LogP contribution in [0.15, 0.2) is 24.9 Å². The van der Waals surface area contributed by atoms with Crippen LogP contribution in [0.3, 0.4) is 0 Å². The topological polar surface area (TPSA) is 82.1 Å². The number of rotatable bonds is 5. The van der Waals surface area contributed by atoms with E-state index < -0.39 is 6.17 Å². The molecule has 38 heavy (non-hydrogen) atoms. The zero-order valence-electron chi connectivity index (χ0n) is 22.8. The van der Waals surface area contributed by atoms with E-state index in [-0.39, 0.29) is 11.0 Å². The Morgan fingerprint density at radius 1 is 1.32 bits per heavy atom. The monoisotopic (exact) mass is 514 g/mol. The average Bonchev–Trinajstić information content (AvgIpc) is 3.44. The first-order valence-corrected chi connectivity index (χ1v) is 14.3. The maximum Gasteiger partial charge on any atom is 0.139 e. The molecule has 0 amide bonds. The highest BCUT2D eigenvalue weighted by molar-refractivity contribution is 5.65. The van der Waals surface area contributed by atoms with Crippen LogP contribution in [0.4, 0.5) is 15.9 Å². The lowest BCUT2D eigenvalue weighted by atomic mass is 9.59. The number of nitriles is 1. The van der Waals surface area contributed by atoms with E-state index in [1.165, 1.54) is 11.1 Å². The van der Waals surface area contributed by atoms with Crippen LogP contribution in [-0.2, 0) is 24.7 Å². The third-order valence-corrected chi connectivity index (χ3v) is 10.2. The molecule has 6 rings (SSSR count). The molecule has 2 aromatic rings. The van der Waals surface area contributed by atoms with Crippen molar-refractivity contribution in [1.29, 1.82) is 5.26 Å². The van der Waals surface area contributed by atoms with Crippen LogP contribution < -0.4 is 10.6 Å². The van der Waals surface area contributed by atoms with Crippen LogP contribution >= 0.6 is 0 Å². The van der Waals surface area contributed by atoms with E-state index in [1.54, 1.807) is 0 Å². The van der Waals surface area contributed by atoms with E-state index in [1.807, 2.05) is 24.2 Å². The molecule has 6 nitrogen and oxygen atoms in total. The predicted molar refractivity (Wildman–Crippen MR) is 149 cm³/mol. The molecule has 2 N–H and O–H groups in total. The molecule has 4 unspecified atom stereocenters. The van der Waals surface area contributed by atoms with Gasteiger partial charge < -0.3 is 10.6 Å². The number of halogens is 1.